The topological polar surface area (TPSA) is 50.7 Å². The van der Waals surface area contributed by atoms with Crippen molar-refractivity contribution in [3.8, 4) is 11.1 Å². The molecule has 0 aromatic heterocycles. The Hall–Kier alpha value is -3.20. The van der Waals surface area contributed by atoms with E-state index in [1.165, 1.54) is 0 Å². The van der Waals surface area contributed by atoms with Gasteiger partial charge in [-0.3, -0.25) is 0 Å². The number of rotatable bonds is 3. The van der Waals surface area contributed by atoms with Crippen molar-refractivity contribution in [2.24, 2.45) is 15.7 Å². The second-order valence-electron chi connectivity index (χ2n) is 5.47. The molecule has 0 radical (unpaired) electrons. The summed E-state index contributed by atoms with van der Waals surface area (Å²) in [5, 5.41) is 0. The maximum absolute atomic E-state index is 5.77. The van der Waals surface area contributed by atoms with Crippen molar-refractivity contribution < 1.29 is 0 Å². The van der Waals surface area contributed by atoms with E-state index in [4.69, 9.17) is 10.7 Å². The summed E-state index contributed by atoms with van der Waals surface area (Å²) in [5.74, 6) is 1.10. The summed E-state index contributed by atoms with van der Waals surface area (Å²) in [4.78, 5) is 9.09. The standard InChI is InChI=1S/C21H19N3/c1-16(22)23-21(18-11-6-3-7-12-18)24-20-14-8-13-19(15-20)17-9-4-2-5-10-17/h2-15H,1H3,(H2,22,23,24). The lowest BCUT2D eigenvalue weighted by Gasteiger charge is -2.05. The Labute approximate surface area is 142 Å². The highest BCUT2D eigenvalue weighted by Gasteiger charge is 2.04. The van der Waals surface area contributed by atoms with Gasteiger partial charge in [0.05, 0.1) is 11.5 Å². The molecule has 2 N–H and O–H groups in total. The molecule has 3 heteroatoms. The summed E-state index contributed by atoms with van der Waals surface area (Å²) in [7, 11) is 0. The van der Waals surface area contributed by atoms with Gasteiger partial charge < -0.3 is 5.73 Å². The highest BCUT2D eigenvalue weighted by atomic mass is 15.0. The van der Waals surface area contributed by atoms with Crippen molar-refractivity contribution in [3.63, 3.8) is 0 Å². The first-order valence-electron chi connectivity index (χ1n) is 7.83. The zero-order valence-electron chi connectivity index (χ0n) is 13.6. The second-order valence-corrected chi connectivity index (χ2v) is 5.47. The Balaban J connectivity index is 2.03. The molecule has 0 fully saturated rings. The lowest BCUT2D eigenvalue weighted by molar-refractivity contribution is 1.42. The molecule has 0 heterocycles. The molecule has 0 spiro atoms. The molecular formula is C21H19N3. The van der Waals surface area contributed by atoms with E-state index in [0.717, 1.165) is 22.4 Å². The molecule has 0 aliphatic heterocycles. The van der Waals surface area contributed by atoms with E-state index in [1.807, 2.05) is 60.7 Å². The molecule has 118 valence electrons. The average Bonchev–Trinajstić information content (AvgIpc) is 2.62. The van der Waals surface area contributed by atoms with Crippen molar-refractivity contribution in [3.05, 3.63) is 90.5 Å². The predicted octanol–water partition coefficient (Wildman–Crippen LogP) is 4.81. The van der Waals surface area contributed by atoms with E-state index >= 15 is 0 Å². The monoisotopic (exact) mass is 313 g/mol. The van der Waals surface area contributed by atoms with Gasteiger partial charge in [-0.25, -0.2) is 9.98 Å². The number of hydrogen-bond donors (Lipinski definition) is 1. The van der Waals surface area contributed by atoms with Crippen molar-refractivity contribution in [2.75, 3.05) is 0 Å². The molecule has 3 aromatic carbocycles. The third kappa shape index (κ3) is 3.96. The number of benzene rings is 3. The number of amidine groups is 2. The molecule has 3 rings (SSSR count). The molecule has 0 unspecified atom stereocenters. The Morgan fingerprint density at radius 1 is 0.750 bits per heavy atom. The zero-order valence-corrected chi connectivity index (χ0v) is 13.6. The van der Waals surface area contributed by atoms with Crippen molar-refractivity contribution >= 4 is 17.4 Å². The molecule has 3 aromatic rings. The maximum atomic E-state index is 5.77. The van der Waals surface area contributed by atoms with Crippen LogP contribution in [0.15, 0.2) is 94.9 Å². The summed E-state index contributed by atoms with van der Waals surface area (Å²) in [5.41, 5.74) is 9.84. The highest BCUT2D eigenvalue weighted by Crippen LogP contribution is 2.24. The van der Waals surface area contributed by atoms with Crippen molar-refractivity contribution in [1.29, 1.82) is 0 Å². The zero-order chi connectivity index (χ0) is 16.8. The third-order valence-electron chi connectivity index (χ3n) is 3.50. The molecule has 0 amide bonds. The van der Waals surface area contributed by atoms with E-state index in [1.54, 1.807) is 6.92 Å². The lowest BCUT2D eigenvalue weighted by Crippen LogP contribution is -2.10. The van der Waals surface area contributed by atoms with Gasteiger partial charge in [0.1, 0.15) is 0 Å². The van der Waals surface area contributed by atoms with Gasteiger partial charge in [-0.15, -0.1) is 0 Å². The molecular weight excluding hydrogens is 294 g/mol. The normalized spacial score (nSPS) is 12.2. The van der Waals surface area contributed by atoms with Gasteiger partial charge in [0.25, 0.3) is 0 Å². The summed E-state index contributed by atoms with van der Waals surface area (Å²) in [6, 6.07) is 28.2. The summed E-state index contributed by atoms with van der Waals surface area (Å²) in [6.07, 6.45) is 0. The maximum Gasteiger partial charge on any atom is 0.161 e. The minimum atomic E-state index is 0.483. The SMILES string of the molecule is CC(N)=NC(=Nc1cccc(-c2ccccc2)c1)c1ccccc1. The van der Waals surface area contributed by atoms with Gasteiger partial charge in [0.2, 0.25) is 0 Å². The fourth-order valence-electron chi connectivity index (χ4n) is 2.42. The minimum Gasteiger partial charge on any atom is -0.387 e. The van der Waals surface area contributed by atoms with Crippen LogP contribution >= 0.6 is 0 Å². The van der Waals surface area contributed by atoms with Crippen LogP contribution in [0.25, 0.3) is 11.1 Å². The number of nitrogens with zero attached hydrogens (tertiary/aromatic N) is 2. The van der Waals surface area contributed by atoms with Crippen LogP contribution in [-0.2, 0) is 0 Å². The van der Waals surface area contributed by atoms with Crippen LogP contribution in [-0.4, -0.2) is 11.7 Å². The van der Waals surface area contributed by atoms with Crippen molar-refractivity contribution in [2.45, 2.75) is 6.92 Å². The number of aliphatic imine (C=N–C) groups is 2. The van der Waals surface area contributed by atoms with E-state index in [0.29, 0.717) is 11.7 Å². The quantitative estimate of drug-likeness (QED) is 0.547. The Kier molecular flexibility index (Phi) is 4.82. The third-order valence-corrected chi connectivity index (χ3v) is 3.50. The van der Waals surface area contributed by atoms with Gasteiger partial charge >= 0.3 is 0 Å². The molecule has 0 atom stereocenters. The highest BCUT2D eigenvalue weighted by molar-refractivity contribution is 6.06. The van der Waals surface area contributed by atoms with Crippen LogP contribution < -0.4 is 5.73 Å². The van der Waals surface area contributed by atoms with Crippen LogP contribution in [0.2, 0.25) is 0 Å². The molecule has 0 saturated carbocycles. The van der Waals surface area contributed by atoms with Crippen LogP contribution in [0.5, 0.6) is 0 Å². The van der Waals surface area contributed by atoms with E-state index in [2.05, 4.69) is 29.3 Å². The molecule has 0 saturated heterocycles. The van der Waals surface area contributed by atoms with Crippen LogP contribution in [0.3, 0.4) is 0 Å². The molecule has 3 nitrogen and oxygen atoms in total. The molecule has 0 aliphatic carbocycles. The second kappa shape index (κ2) is 7.38. The molecule has 0 bridgehead atoms. The Morgan fingerprint density at radius 2 is 1.38 bits per heavy atom. The van der Waals surface area contributed by atoms with E-state index in [9.17, 15) is 0 Å². The smallest absolute Gasteiger partial charge is 0.161 e. The first-order valence-corrected chi connectivity index (χ1v) is 7.83. The average molecular weight is 313 g/mol. The van der Waals surface area contributed by atoms with Gasteiger partial charge in [-0.2, -0.15) is 0 Å². The van der Waals surface area contributed by atoms with Crippen LogP contribution in [0.1, 0.15) is 12.5 Å². The fraction of sp³-hybridized carbons (Fsp3) is 0.0476. The predicted molar refractivity (Wildman–Crippen MR) is 102 cm³/mol. The van der Waals surface area contributed by atoms with Crippen molar-refractivity contribution in [1.82, 2.24) is 0 Å². The van der Waals surface area contributed by atoms with Gasteiger partial charge in [-0.1, -0.05) is 72.8 Å². The minimum absolute atomic E-state index is 0.483. The first-order chi connectivity index (χ1) is 11.7. The fourth-order valence-corrected chi connectivity index (χ4v) is 2.42. The van der Waals surface area contributed by atoms with Crippen LogP contribution in [0, 0.1) is 0 Å². The van der Waals surface area contributed by atoms with E-state index < -0.39 is 0 Å². The van der Waals surface area contributed by atoms with Gasteiger partial charge in [0.15, 0.2) is 5.84 Å². The summed E-state index contributed by atoms with van der Waals surface area (Å²) >= 11 is 0. The largest absolute Gasteiger partial charge is 0.387 e. The van der Waals surface area contributed by atoms with E-state index in [-0.39, 0.29) is 0 Å². The van der Waals surface area contributed by atoms with Crippen LogP contribution in [0.4, 0.5) is 5.69 Å². The number of nitrogens with two attached hydrogens (primary N) is 1. The summed E-state index contributed by atoms with van der Waals surface area (Å²) in [6.45, 7) is 1.76. The Morgan fingerprint density at radius 3 is 2.04 bits per heavy atom. The molecule has 0 aliphatic rings. The Bertz CT molecular complexity index is 862. The first kappa shape index (κ1) is 15.7. The number of hydrogen-bond acceptors (Lipinski definition) is 1. The van der Waals surface area contributed by atoms with Gasteiger partial charge in [0, 0.05) is 5.56 Å². The summed E-state index contributed by atoms with van der Waals surface area (Å²) < 4.78 is 0. The van der Waals surface area contributed by atoms with Gasteiger partial charge in [-0.05, 0) is 30.2 Å². The molecule has 24 heavy (non-hydrogen) atoms. The lowest BCUT2D eigenvalue weighted by atomic mass is 10.1.